The predicted octanol–water partition coefficient (Wildman–Crippen LogP) is 2.50. The Hall–Kier alpha value is 0.0400. The molecule has 1 aliphatic rings. The van der Waals surface area contributed by atoms with Crippen molar-refractivity contribution in [2.75, 3.05) is 19.0 Å². The molecule has 0 bridgehead atoms. The molecule has 0 radical (unpaired) electrons. The molecule has 1 heterocycles. The van der Waals surface area contributed by atoms with Crippen molar-refractivity contribution in [1.82, 2.24) is 4.90 Å². The predicted molar refractivity (Wildman–Crippen MR) is 45.9 cm³/mol. The molecule has 0 aromatic carbocycles. The van der Waals surface area contributed by atoms with Crippen LogP contribution in [0.4, 0.5) is 13.2 Å². The van der Waals surface area contributed by atoms with Gasteiger partial charge >= 0.3 is 6.18 Å². The quantitative estimate of drug-likeness (QED) is 0.640. The summed E-state index contributed by atoms with van der Waals surface area (Å²) in [5, 5.41) is 0. The van der Waals surface area contributed by atoms with Gasteiger partial charge in [-0.1, -0.05) is 6.92 Å². The van der Waals surface area contributed by atoms with Gasteiger partial charge in [-0.25, -0.2) is 0 Å². The Morgan fingerprint density at radius 3 is 2.54 bits per heavy atom. The molecule has 78 valence electrons. The smallest absolute Gasteiger partial charge is 0.291 e. The van der Waals surface area contributed by atoms with Gasteiger partial charge < -0.3 is 0 Å². The number of rotatable bonds is 2. The average molecular weight is 216 g/mol. The summed E-state index contributed by atoms with van der Waals surface area (Å²) in [4.78, 5) is 1.43. The maximum Gasteiger partial charge on any atom is 0.401 e. The van der Waals surface area contributed by atoms with Crippen LogP contribution < -0.4 is 0 Å². The summed E-state index contributed by atoms with van der Waals surface area (Å²) in [5.74, 6) is 0.567. The van der Waals surface area contributed by atoms with Gasteiger partial charge in [0.2, 0.25) is 0 Å². The molecule has 2 unspecified atom stereocenters. The molecule has 0 N–H and O–H groups in total. The average Bonchev–Trinajstić information content (AvgIpc) is 2.28. The Morgan fingerprint density at radius 2 is 2.08 bits per heavy atom. The molecule has 0 aromatic rings. The van der Waals surface area contributed by atoms with Crippen molar-refractivity contribution in [2.24, 2.45) is 5.92 Å². The third-order valence-corrected chi connectivity index (χ3v) is 2.85. The Kier molecular flexibility index (Phi) is 3.46. The van der Waals surface area contributed by atoms with Crippen LogP contribution in [0.5, 0.6) is 0 Å². The van der Waals surface area contributed by atoms with Crippen molar-refractivity contribution in [1.29, 1.82) is 0 Å². The lowest BCUT2D eigenvalue weighted by molar-refractivity contribution is -0.147. The van der Waals surface area contributed by atoms with E-state index in [4.69, 9.17) is 11.6 Å². The van der Waals surface area contributed by atoms with Crippen LogP contribution in [0.2, 0.25) is 0 Å². The van der Waals surface area contributed by atoms with Gasteiger partial charge in [-0.3, -0.25) is 4.90 Å². The SMILES string of the molecule is CC1CCN(CC(F)(F)F)C1CCl. The fourth-order valence-corrected chi connectivity index (χ4v) is 2.26. The van der Waals surface area contributed by atoms with Crippen LogP contribution in [-0.2, 0) is 0 Å². The molecule has 0 saturated carbocycles. The van der Waals surface area contributed by atoms with E-state index in [1.165, 1.54) is 4.90 Å². The minimum atomic E-state index is -4.10. The first-order valence-corrected chi connectivity index (χ1v) is 4.84. The first kappa shape index (κ1) is 11.1. The highest BCUT2D eigenvalue weighted by Crippen LogP contribution is 2.28. The first-order valence-electron chi connectivity index (χ1n) is 4.31. The van der Waals surface area contributed by atoms with E-state index >= 15 is 0 Å². The van der Waals surface area contributed by atoms with Crippen LogP contribution in [0, 0.1) is 5.92 Å². The van der Waals surface area contributed by atoms with E-state index in [9.17, 15) is 13.2 Å². The van der Waals surface area contributed by atoms with Crippen molar-refractivity contribution in [3.8, 4) is 0 Å². The van der Waals surface area contributed by atoms with Crippen molar-refractivity contribution < 1.29 is 13.2 Å². The molecular formula is C8H13ClF3N. The van der Waals surface area contributed by atoms with Crippen molar-refractivity contribution in [3.05, 3.63) is 0 Å². The minimum absolute atomic E-state index is 0.108. The molecular weight excluding hydrogens is 203 g/mol. The highest BCUT2D eigenvalue weighted by atomic mass is 35.5. The summed E-state index contributed by atoms with van der Waals surface area (Å²) in [6, 6.07) is -0.108. The van der Waals surface area contributed by atoms with Gasteiger partial charge in [0.15, 0.2) is 0 Å². The molecule has 1 fully saturated rings. The fraction of sp³-hybridized carbons (Fsp3) is 1.00. The molecule has 2 atom stereocenters. The standard InChI is InChI=1S/C8H13ClF3N/c1-6-2-3-13(7(6)4-9)5-8(10,11)12/h6-7H,2-5H2,1H3. The van der Waals surface area contributed by atoms with Crippen LogP contribution in [0.1, 0.15) is 13.3 Å². The molecule has 0 spiro atoms. The zero-order valence-electron chi connectivity index (χ0n) is 7.44. The first-order chi connectivity index (χ1) is 5.94. The van der Waals surface area contributed by atoms with Crippen LogP contribution in [0.3, 0.4) is 0 Å². The van der Waals surface area contributed by atoms with Gasteiger partial charge in [0, 0.05) is 11.9 Å². The summed E-state index contributed by atoms with van der Waals surface area (Å²) in [5.41, 5.74) is 0. The second-order valence-electron chi connectivity index (χ2n) is 3.57. The highest BCUT2D eigenvalue weighted by Gasteiger charge is 2.38. The molecule has 0 aliphatic carbocycles. The molecule has 13 heavy (non-hydrogen) atoms. The van der Waals surface area contributed by atoms with Crippen LogP contribution in [0.15, 0.2) is 0 Å². The van der Waals surface area contributed by atoms with Crippen LogP contribution in [0.25, 0.3) is 0 Å². The number of hydrogen-bond donors (Lipinski definition) is 0. The van der Waals surface area contributed by atoms with Gasteiger partial charge in [-0.2, -0.15) is 13.2 Å². The number of alkyl halides is 4. The molecule has 1 aliphatic heterocycles. The molecule has 5 heteroatoms. The largest absolute Gasteiger partial charge is 0.401 e. The van der Waals surface area contributed by atoms with Gasteiger partial charge in [-0.05, 0) is 18.9 Å². The van der Waals surface area contributed by atoms with E-state index in [-0.39, 0.29) is 17.8 Å². The van der Waals surface area contributed by atoms with E-state index in [0.29, 0.717) is 6.54 Å². The number of likely N-dealkylation sites (tertiary alicyclic amines) is 1. The van der Waals surface area contributed by atoms with E-state index in [1.807, 2.05) is 6.92 Å². The second kappa shape index (κ2) is 4.05. The van der Waals surface area contributed by atoms with Crippen LogP contribution >= 0.6 is 11.6 Å². The number of hydrogen-bond acceptors (Lipinski definition) is 1. The Bertz CT molecular complexity index is 171. The van der Waals surface area contributed by atoms with Crippen LogP contribution in [-0.4, -0.2) is 36.1 Å². The summed E-state index contributed by atoms with van der Waals surface area (Å²) in [6.45, 7) is 1.64. The van der Waals surface area contributed by atoms with Crippen molar-refractivity contribution >= 4 is 11.6 Å². The number of nitrogens with zero attached hydrogens (tertiary/aromatic N) is 1. The van der Waals surface area contributed by atoms with E-state index < -0.39 is 12.7 Å². The van der Waals surface area contributed by atoms with Gasteiger partial charge in [0.05, 0.1) is 6.54 Å². The second-order valence-corrected chi connectivity index (χ2v) is 3.88. The summed E-state index contributed by atoms with van der Waals surface area (Å²) in [7, 11) is 0. The zero-order chi connectivity index (χ0) is 10.1. The lowest BCUT2D eigenvalue weighted by atomic mass is 10.1. The van der Waals surface area contributed by atoms with Crippen molar-refractivity contribution in [3.63, 3.8) is 0 Å². The maximum absolute atomic E-state index is 12.1. The zero-order valence-corrected chi connectivity index (χ0v) is 8.20. The molecule has 0 aromatic heterocycles. The summed E-state index contributed by atoms with van der Waals surface area (Å²) < 4.78 is 36.2. The Labute approximate surface area is 80.8 Å². The summed E-state index contributed by atoms with van der Waals surface area (Å²) >= 11 is 5.62. The third-order valence-electron chi connectivity index (χ3n) is 2.54. The Balaban J connectivity index is 2.51. The molecule has 1 nitrogen and oxygen atoms in total. The lowest BCUT2D eigenvalue weighted by Gasteiger charge is -2.25. The normalized spacial score (nSPS) is 31.2. The number of halogens is 4. The monoisotopic (exact) mass is 215 g/mol. The van der Waals surface area contributed by atoms with E-state index in [0.717, 1.165) is 6.42 Å². The lowest BCUT2D eigenvalue weighted by Crippen LogP contribution is -2.40. The molecule has 1 rings (SSSR count). The fourth-order valence-electron chi connectivity index (χ4n) is 1.76. The third kappa shape index (κ3) is 3.02. The van der Waals surface area contributed by atoms with Gasteiger partial charge in [0.25, 0.3) is 0 Å². The maximum atomic E-state index is 12.1. The van der Waals surface area contributed by atoms with Gasteiger partial charge in [-0.15, -0.1) is 11.6 Å². The highest BCUT2D eigenvalue weighted by molar-refractivity contribution is 6.18. The van der Waals surface area contributed by atoms with Crippen molar-refractivity contribution in [2.45, 2.75) is 25.6 Å². The topological polar surface area (TPSA) is 3.24 Å². The molecule has 0 amide bonds. The van der Waals surface area contributed by atoms with E-state index in [2.05, 4.69) is 0 Å². The Morgan fingerprint density at radius 1 is 1.46 bits per heavy atom. The summed E-state index contributed by atoms with van der Waals surface area (Å²) in [6.07, 6.45) is -3.29. The minimum Gasteiger partial charge on any atom is -0.291 e. The van der Waals surface area contributed by atoms with E-state index in [1.54, 1.807) is 0 Å². The molecule has 1 saturated heterocycles. The van der Waals surface area contributed by atoms with Gasteiger partial charge in [0.1, 0.15) is 0 Å².